The third-order valence-electron chi connectivity index (χ3n) is 5.09. The maximum Gasteiger partial charge on any atom is 0.335 e. The molecule has 1 saturated heterocycles. The molecule has 1 fully saturated rings. The van der Waals surface area contributed by atoms with Gasteiger partial charge in [-0.25, -0.2) is 9.69 Å². The molecule has 0 unspecified atom stereocenters. The first-order chi connectivity index (χ1) is 15.4. The minimum absolute atomic E-state index is 0.142. The number of carbonyl (C=O) groups is 3. The van der Waals surface area contributed by atoms with E-state index in [0.717, 1.165) is 21.6 Å². The number of nitrogens with zero attached hydrogens (tertiary/aromatic N) is 1. The van der Waals surface area contributed by atoms with Crippen LogP contribution >= 0.6 is 0 Å². The van der Waals surface area contributed by atoms with Gasteiger partial charge in [0.15, 0.2) is 0 Å². The largest absolute Gasteiger partial charge is 0.488 e. The highest BCUT2D eigenvalue weighted by Crippen LogP contribution is 2.26. The molecule has 6 heteroatoms. The van der Waals surface area contributed by atoms with Gasteiger partial charge in [-0.05, 0) is 43.7 Å². The monoisotopic (exact) mass is 426 g/mol. The van der Waals surface area contributed by atoms with Crippen LogP contribution in [0.3, 0.4) is 0 Å². The number of para-hydroxylation sites is 1. The van der Waals surface area contributed by atoms with Crippen molar-refractivity contribution >= 4 is 29.6 Å². The van der Waals surface area contributed by atoms with Crippen LogP contribution in [0.25, 0.3) is 6.08 Å². The minimum atomic E-state index is -0.773. The summed E-state index contributed by atoms with van der Waals surface area (Å²) in [7, 11) is 0. The smallest absolute Gasteiger partial charge is 0.335 e. The molecule has 160 valence electrons. The molecule has 3 aromatic carbocycles. The Morgan fingerprint density at radius 1 is 0.875 bits per heavy atom. The second-order valence-corrected chi connectivity index (χ2v) is 7.61. The van der Waals surface area contributed by atoms with E-state index in [2.05, 4.69) is 5.32 Å². The molecular formula is C26H22N2O4. The number of urea groups is 1. The molecule has 4 amide bonds. The standard InChI is InChI=1S/C26H22N2O4/c1-17-10-12-21(13-11-17)28-25(30)22(24(29)27-26(28)31)15-20-8-3-4-9-23(20)32-16-19-7-5-6-18(2)14-19/h3-15H,16H2,1-2H3,(H,27,29,31)/b22-15+. The molecule has 6 nitrogen and oxygen atoms in total. The van der Waals surface area contributed by atoms with Crippen LogP contribution in [0.1, 0.15) is 22.3 Å². The Bertz CT molecular complexity index is 1230. The van der Waals surface area contributed by atoms with Crippen LogP contribution in [0.4, 0.5) is 10.5 Å². The number of hydrogen-bond acceptors (Lipinski definition) is 4. The summed E-state index contributed by atoms with van der Waals surface area (Å²) in [5.74, 6) is -0.895. The molecule has 4 rings (SSSR count). The quantitative estimate of drug-likeness (QED) is 0.480. The number of anilines is 1. The Balaban J connectivity index is 1.63. The zero-order valence-electron chi connectivity index (χ0n) is 17.8. The minimum Gasteiger partial charge on any atom is -0.488 e. The Labute approximate surface area is 186 Å². The van der Waals surface area contributed by atoms with Gasteiger partial charge in [-0.1, -0.05) is 65.7 Å². The van der Waals surface area contributed by atoms with Crippen LogP contribution in [-0.2, 0) is 16.2 Å². The van der Waals surface area contributed by atoms with Crippen LogP contribution < -0.4 is 15.0 Å². The highest BCUT2D eigenvalue weighted by atomic mass is 16.5. The van der Waals surface area contributed by atoms with Gasteiger partial charge in [0.2, 0.25) is 0 Å². The number of aryl methyl sites for hydroxylation is 2. The predicted molar refractivity (Wildman–Crippen MR) is 122 cm³/mol. The van der Waals surface area contributed by atoms with Crippen molar-refractivity contribution in [1.29, 1.82) is 0 Å². The number of carbonyl (C=O) groups excluding carboxylic acids is 3. The number of imide groups is 2. The van der Waals surface area contributed by atoms with Crippen LogP contribution in [0.5, 0.6) is 5.75 Å². The lowest BCUT2D eigenvalue weighted by molar-refractivity contribution is -0.122. The summed E-state index contributed by atoms with van der Waals surface area (Å²) in [5.41, 5.74) is 3.95. The van der Waals surface area contributed by atoms with Crippen molar-refractivity contribution in [3.05, 3.63) is 101 Å². The Hall–Kier alpha value is -4.19. The number of barbiturate groups is 1. The zero-order valence-corrected chi connectivity index (χ0v) is 17.8. The zero-order chi connectivity index (χ0) is 22.7. The molecule has 0 aromatic heterocycles. The SMILES string of the molecule is Cc1ccc(N2C(=O)NC(=O)/C(=C\c3ccccc3OCc3cccc(C)c3)C2=O)cc1. The summed E-state index contributed by atoms with van der Waals surface area (Å²) < 4.78 is 5.97. The first kappa shape index (κ1) is 21.1. The van der Waals surface area contributed by atoms with Gasteiger partial charge in [0, 0.05) is 5.56 Å². The Morgan fingerprint density at radius 3 is 2.38 bits per heavy atom. The van der Waals surface area contributed by atoms with Gasteiger partial charge < -0.3 is 4.74 Å². The topological polar surface area (TPSA) is 75.7 Å². The summed E-state index contributed by atoms with van der Waals surface area (Å²) >= 11 is 0. The van der Waals surface area contributed by atoms with E-state index in [-0.39, 0.29) is 5.57 Å². The molecule has 1 aliphatic rings. The van der Waals surface area contributed by atoms with Crippen LogP contribution in [-0.4, -0.2) is 17.8 Å². The molecule has 0 radical (unpaired) electrons. The summed E-state index contributed by atoms with van der Waals surface area (Å²) in [4.78, 5) is 38.9. The molecule has 0 bridgehead atoms. The molecule has 0 saturated carbocycles. The van der Waals surface area contributed by atoms with Crippen LogP contribution in [0.2, 0.25) is 0 Å². The molecular weight excluding hydrogens is 404 g/mol. The lowest BCUT2D eigenvalue weighted by atomic mass is 10.1. The fourth-order valence-electron chi connectivity index (χ4n) is 3.44. The fourth-order valence-corrected chi connectivity index (χ4v) is 3.44. The second kappa shape index (κ2) is 8.89. The summed E-state index contributed by atoms with van der Waals surface area (Å²) in [5, 5.41) is 2.24. The number of hydrogen-bond donors (Lipinski definition) is 1. The second-order valence-electron chi connectivity index (χ2n) is 7.61. The van der Waals surface area contributed by atoms with Crippen molar-refractivity contribution in [2.45, 2.75) is 20.5 Å². The van der Waals surface area contributed by atoms with E-state index in [1.807, 2.05) is 44.2 Å². The highest BCUT2D eigenvalue weighted by Gasteiger charge is 2.36. The first-order valence-corrected chi connectivity index (χ1v) is 10.2. The van der Waals surface area contributed by atoms with Crippen LogP contribution in [0.15, 0.2) is 78.4 Å². The molecule has 1 N–H and O–H groups in total. The molecule has 1 heterocycles. The molecule has 32 heavy (non-hydrogen) atoms. The van der Waals surface area contributed by atoms with Crippen molar-refractivity contribution in [2.24, 2.45) is 0 Å². The van der Waals surface area contributed by atoms with Gasteiger partial charge in [-0.2, -0.15) is 0 Å². The number of amides is 4. The lowest BCUT2D eigenvalue weighted by Gasteiger charge is -2.26. The van der Waals surface area contributed by atoms with E-state index >= 15 is 0 Å². The van der Waals surface area contributed by atoms with Gasteiger partial charge in [-0.15, -0.1) is 0 Å². The number of ether oxygens (including phenoxy) is 1. The van der Waals surface area contributed by atoms with Gasteiger partial charge in [-0.3, -0.25) is 14.9 Å². The third-order valence-corrected chi connectivity index (χ3v) is 5.09. The van der Waals surface area contributed by atoms with Crippen molar-refractivity contribution in [2.75, 3.05) is 4.90 Å². The highest BCUT2D eigenvalue weighted by molar-refractivity contribution is 6.39. The van der Waals surface area contributed by atoms with E-state index in [1.165, 1.54) is 6.08 Å². The molecule has 3 aromatic rings. The molecule has 0 spiro atoms. The Morgan fingerprint density at radius 2 is 1.62 bits per heavy atom. The first-order valence-electron chi connectivity index (χ1n) is 10.2. The van der Waals surface area contributed by atoms with E-state index in [0.29, 0.717) is 23.6 Å². The average Bonchev–Trinajstić information content (AvgIpc) is 2.77. The fraction of sp³-hybridized carbons (Fsp3) is 0.115. The van der Waals surface area contributed by atoms with Gasteiger partial charge in [0.05, 0.1) is 5.69 Å². The van der Waals surface area contributed by atoms with E-state index < -0.39 is 17.8 Å². The Kier molecular flexibility index (Phi) is 5.85. The van der Waals surface area contributed by atoms with Gasteiger partial charge in [0.25, 0.3) is 11.8 Å². The van der Waals surface area contributed by atoms with Crippen molar-refractivity contribution in [1.82, 2.24) is 5.32 Å². The van der Waals surface area contributed by atoms with Crippen molar-refractivity contribution < 1.29 is 19.1 Å². The predicted octanol–water partition coefficient (Wildman–Crippen LogP) is 4.55. The maximum atomic E-state index is 13.1. The molecule has 0 atom stereocenters. The molecule has 0 aliphatic carbocycles. The average molecular weight is 426 g/mol. The number of benzene rings is 3. The summed E-state index contributed by atoms with van der Waals surface area (Å²) in [6, 6.07) is 21.3. The van der Waals surface area contributed by atoms with Crippen LogP contribution in [0, 0.1) is 13.8 Å². The van der Waals surface area contributed by atoms with Gasteiger partial charge in [0.1, 0.15) is 17.9 Å². The normalized spacial score (nSPS) is 15.1. The van der Waals surface area contributed by atoms with Crippen molar-refractivity contribution in [3.63, 3.8) is 0 Å². The lowest BCUT2D eigenvalue weighted by Crippen LogP contribution is -2.54. The van der Waals surface area contributed by atoms with E-state index in [9.17, 15) is 14.4 Å². The third kappa shape index (κ3) is 4.44. The van der Waals surface area contributed by atoms with E-state index in [4.69, 9.17) is 4.74 Å². The number of nitrogens with one attached hydrogen (secondary N) is 1. The van der Waals surface area contributed by atoms with E-state index in [1.54, 1.807) is 42.5 Å². The number of rotatable bonds is 5. The molecule has 1 aliphatic heterocycles. The maximum absolute atomic E-state index is 13.1. The summed E-state index contributed by atoms with van der Waals surface area (Å²) in [6.45, 7) is 4.26. The summed E-state index contributed by atoms with van der Waals surface area (Å²) in [6.07, 6.45) is 1.46. The van der Waals surface area contributed by atoms with Gasteiger partial charge >= 0.3 is 6.03 Å². The van der Waals surface area contributed by atoms with Crippen molar-refractivity contribution in [3.8, 4) is 5.75 Å².